The van der Waals surface area contributed by atoms with E-state index >= 15 is 0 Å². The Balaban J connectivity index is 1.81. The number of anilines is 2. The molecule has 5 nitrogen and oxygen atoms in total. The van der Waals surface area contributed by atoms with Crippen LogP contribution in [0.4, 0.5) is 11.4 Å². The zero-order valence-corrected chi connectivity index (χ0v) is 18.3. The van der Waals surface area contributed by atoms with E-state index in [1.807, 2.05) is 0 Å². The Morgan fingerprint density at radius 2 is 1.48 bits per heavy atom. The number of imide groups is 1. The van der Waals surface area contributed by atoms with Gasteiger partial charge in [0.2, 0.25) is 0 Å². The van der Waals surface area contributed by atoms with Crippen molar-refractivity contribution >= 4 is 52.0 Å². The molecule has 0 spiro atoms. The Morgan fingerprint density at radius 3 is 2.10 bits per heavy atom. The third-order valence-electron chi connectivity index (χ3n) is 4.98. The van der Waals surface area contributed by atoms with Gasteiger partial charge >= 0.3 is 0 Å². The Bertz CT molecular complexity index is 1200. The van der Waals surface area contributed by atoms with Gasteiger partial charge in [0.25, 0.3) is 11.8 Å². The largest absolute Gasteiger partial charge is 0.497 e. The Morgan fingerprint density at radius 1 is 0.839 bits per heavy atom. The average Bonchev–Trinajstić information content (AvgIpc) is 2.99. The zero-order chi connectivity index (χ0) is 22.1. The van der Waals surface area contributed by atoms with Crippen LogP contribution in [0.3, 0.4) is 0 Å². The first kappa shape index (κ1) is 21.0. The molecule has 31 heavy (non-hydrogen) atoms. The summed E-state index contributed by atoms with van der Waals surface area (Å²) in [5.41, 5.74) is 2.90. The summed E-state index contributed by atoms with van der Waals surface area (Å²) < 4.78 is 5.18. The van der Waals surface area contributed by atoms with Crippen molar-refractivity contribution < 1.29 is 14.3 Å². The van der Waals surface area contributed by atoms with Crippen LogP contribution in [0.2, 0.25) is 10.0 Å². The van der Waals surface area contributed by atoms with Gasteiger partial charge in [-0.05, 0) is 72.6 Å². The van der Waals surface area contributed by atoms with Crippen LogP contribution in [0.1, 0.15) is 11.1 Å². The first-order chi connectivity index (χ1) is 14.9. The van der Waals surface area contributed by atoms with Crippen molar-refractivity contribution in [3.8, 4) is 5.75 Å². The Kier molecular flexibility index (Phi) is 5.72. The maximum absolute atomic E-state index is 13.5. The highest BCUT2D eigenvalue weighted by Gasteiger charge is 2.40. The molecule has 156 valence electrons. The molecule has 3 aromatic carbocycles. The molecule has 0 saturated carbocycles. The molecule has 1 aliphatic heterocycles. The van der Waals surface area contributed by atoms with Crippen LogP contribution in [-0.2, 0) is 9.59 Å². The number of carbonyl (C=O) groups is 2. The van der Waals surface area contributed by atoms with Gasteiger partial charge in [-0.3, -0.25) is 9.59 Å². The first-order valence-corrected chi connectivity index (χ1v) is 10.2. The summed E-state index contributed by atoms with van der Waals surface area (Å²) in [7, 11) is 1.58. The van der Waals surface area contributed by atoms with Gasteiger partial charge in [0.15, 0.2) is 0 Å². The fraction of sp³-hybridized carbons (Fsp3) is 0.0833. The second kappa shape index (κ2) is 8.46. The topological polar surface area (TPSA) is 58.6 Å². The quantitative estimate of drug-likeness (QED) is 0.503. The lowest BCUT2D eigenvalue weighted by atomic mass is 10.0. The normalized spacial score (nSPS) is 13.7. The molecule has 0 aliphatic carbocycles. The SMILES string of the molecule is COc1ccc(NC2=C(c3ccc(Cl)cc3)C(=O)N(c3ccc(Cl)cc3C)C2=O)cc1. The first-order valence-electron chi connectivity index (χ1n) is 9.45. The van der Waals surface area contributed by atoms with Crippen molar-refractivity contribution in [2.75, 3.05) is 17.3 Å². The van der Waals surface area contributed by atoms with Gasteiger partial charge in [0.05, 0.1) is 18.4 Å². The average molecular weight is 453 g/mol. The van der Waals surface area contributed by atoms with E-state index in [0.29, 0.717) is 32.7 Å². The Hall–Kier alpha value is -3.28. The molecule has 1 N–H and O–H groups in total. The van der Waals surface area contributed by atoms with Crippen LogP contribution < -0.4 is 15.0 Å². The van der Waals surface area contributed by atoms with Crippen LogP contribution in [0.25, 0.3) is 5.57 Å². The number of rotatable bonds is 5. The number of benzene rings is 3. The van der Waals surface area contributed by atoms with Gasteiger partial charge in [-0.15, -0.1) is 0 Å². The van der Waals surface area contributed by atoms with Gasteiger partial charge in [0, 0.05) is 15.7 Å². The molecule has 0 aromatic heterocycles. The number of ether oxygens (including phenoxy) is 1. The van der Waals surface area contributed by atoms with Crippen LogP contribution in [0.5, 0.6) is 5.75 Å². The summed E-state index contributed by atoms with van der Waals surface area (Å²) >= 11 is 12.1. The molecule has 0 radical (unpaired) electrons. The van der Waals surface area contributed by atoms with Crippen molar-refractivity contribution in [2.24, 2.45) is 0 Å². The van der Waals surface area contributed by atoms with Gasteiger partial charge in [0.1, 0.15) is 11.4 Å². The van der Waals surface area contributed by atoms with E-state index < -0.39 is 11.8 Å². The molecular formula is C24H18Cl2N2O3. The number of carbonyl (C=O) groups excluding carboxylic acids is 2. The number of hydrogen-bond donors (Lipinski definition) is 1. The number of methoxy groups -OCH3 is 1. The van der Waals surface area contributed by atoms with Crippen LogP contribution >= 0.6 is 23.2 Å². The van der Waals surface area contributed by atoms with Crippen molar-refractivity contribution in [1.82, 2.24) is 0 Å². The maximum atomic E-state index is 13.5. The molecule has 4 rings (SSSR count). The molecule has 7 heteroatoms. The third kappa shape index (κ3) is 4.02. The van der Waals surface area contributed by atoms with E-state index in [-0.39, 0.29) is 11.3 Å². The predicted molar refractivity (Wildman–Crippen MR) is 124 cm³/mol. The van der Waals surface area contributed by atoms with E-state index in [4.69, 9.17) is 27.9 Å². The molecule has 3 aromatic rings. The number of nitrogens with one attached hydrogen (secondary N) is 1. The molecule has 0 saturated heterocycles. The third-order valence-corrected chi connectivity index (χ3v) is 5.46. The monoisotopic (exact) mass is 452 g/mol. The number of hydrogen-bond acceptors (Lipinski definition) is 4. The van der Waals surface area contributed by atoms with E-state index in [1.165, 1.54) is 4.90 Å². The molecule has 1 aliphatic rings. The fourth-order valence-corrected chi connectivity index (χ4v) is 3.79. The van der Waals surface area contributed by atoms with Crippen molar-refractivity contribution in [3.63, 3.8) is 0 Å². The number of amides is 2. The number of nitrogens with zero attached hydrogens (tertiary/aromatic N) is 1. The summed E-state index contributed by atoms with van der Waals surface area (Å²) in [6.45, 7) is 1.80. The summed E-state index contributed by atoms with van der Waals surface area (Å²) in [4.78, 5) is 28.1. The molecule has 2 amide bonds. The van der Waals surface area contributed by atoms with Gasteiger partial charge in [-0.2, -0.15) is 0 Å². The maximum Gasteiger partial charge on any atom is 0.282 e. The lowest BCUT2D eigenvalue weighted by molar-refractivity contribution is -0.120. The van der Waals surface area contributed by atoms with Crippen molar-refractivity contribution in [3.05, 3.63) is 93.6 Å². The summed E-state index contributed by atoms with van der Waals surface area (Å²) in [5, 5.41) is 4.19. The molecule has 1 heterocycles. The van der Waals surface area contributed by atoms with Crippen LogP contribution in [0.15, 0.2) is 72.4 Å². The van der Waals surface area contributed by atoms with E-state index in [1.54, 1.807) is 80.8 Å². The summed E-state index contributed by atoms with van der Waals surface area (Å²) in [6.07, 6.45) is 0. The molecule has 0 bridgehead atoms. The molecule has 0 atom stereocenters. The standard InChI is InChI=1S/C24H18Cl2N2O3/c1-14-13-17(26)7-12-20(14)28-23(29)21(15-3-5-16(25)6-4-15)22(24(28)30)27-18-8-10-19(31-2)11-9-18/h3-13,27H,1-2H3. The van der Waals surface area contributed by atoms with Gasteiger partial charge < -0.3 is 10.1 Å². The predicted octanol–water partition coefficient (Wildman–Crippen LogP) is 5.71. The highest BCUT2D eigenvalue weighted by molar-refractivity contribution is 6.46. The highest BCUT2D eigenvalue weighted by Crippen LogP contribution is 2.36. The molecule has 0 unspecified atom stereocenters. The van der Waals surface area contributed by atoms with Gasteiger partial charge in [-0.1, -0.05) is 35.3 Å². The number of halogens is 2. The minimum absolute atomic E-state index is 0.187. The lowest BCUT2D eigenvalue weighted by Crippen LogP contribution is -2.33. The lowest BCUT2D eigenvalue weighted by Gasteiger charge is -2.18. The van der Waals surface area contributed by atoms with Gasteiger partial charge in [-0.25, -0.2) is 4.90 Å². The zero-order valence-electron chi connectivity index (χ0n) is 16.8. The summed E-state index contributed by atoms with van der Waals surface area (Å²) in [5.74, 6) is -0.186. The minimum atomic E-state index is -0.448. The second-order valence-corrected chi connectivity index (χ2v) is 7.86. The second-order valence-electron chi connectivity index (χ2n) is 6.99. The molecular weight excluding hydrogens is 435 g/mol. The highest BCUT2D eigenvalue weighted by atomic mass is 35.5. The van der Waals surface area contributed by atoms with E-state index in [2.05, 4.69) is 5.32 Å². The van der Waals surface area contributed by atoms with Crippen LogP contribution in [0, 0.1) is 6.92 Å². The van der Waals surface area contributed by atoms with Crippen molar-refractivity contribution in [1.29, 1.82) is 0 Å². The minimum Gasteiger partial charge on any atom is -0.497 e. The number of aryl methyl sites for hydroxylation is 1. The molecule has 0 fully saturated rings. The van der Waals surface area contributed by atoms with Crippen molar-refractivity contribution in [2.45, 2.75) is 6.92 Å². The summed E-state index contributed by atoms with van der Waals surface area (Å²) in [6, 6.07) is 18.9. The smallest absolute Gasteiger partial charge is 0.282 e. The Labute approximate surface area is 189 Å². The fourth-order valence-electron chi connectivity index (χ4n) is 3.44. The van der Waals surface area contributed by atoms with E-state index in [9.17, 15) is 9.59 Å². The van der Waals surface area contributed by atoms with Crippen LogP contribution in [-0.4, -0.2) is 18.9 Å². The van der Waals surface area contributed by atoms with E-state index in [0.717, 1.165) is 5.56 Å².